The molecule has 0 spiro atoms. The molecule has 0 aromatic rings. The quantitative estimate of drug-likeness (QED) is 0.806. The lowest BCUT2D eigenvalue weighted by molar-refractivity contribution is -0.141. The van der Waals surface area contributed by atoms with Gasteiger partial charge in [-0.25, -0.2) is 0 Å². The Morgan fingerprint density at radius 1 is 1.19 bits per heavy atom. The number of nitrogens with zero attached hydrogens (tertiary/aromatic N) is 1. The number of nitrogens with one attached hydrogen (secondary N) is 1. The third-order valence-electron chi connectivity index (χ3n) is 4.39. The zero-order valence-electron chi connectivity index (χ0n) is 13.4. The van der Waals surface area contributed by atoms with Gasteiger partial charge in [0, 0.05) is 19.0 Å². The molecule has 0 aromatic carbocycles. The summed E-state index contributed by atoms with van der Waals surface area (Å²) in [7, 11) is 0. The van der Waals surface area contributed by atoms with Crippen molar-refractivity contribution in [3.8, 4) is 0 Å². The van der Waals surface area contributed by atoms with Crippen LogP contribution in [-0.4, -0.2) is 49.1 Å². The summed E-state index contributed by atoms with van der Waals surface area (Å²) in [6.07, 6.45) is 2.97. The van der Waals surface area contributed by atoms with Crippen molar-refractivity contribution in [1.29, 1.82) is 0 Å². The van der Waals surface area contributed by atoms with E-state index in [-0.39, 0.29) is 17.7 Å². The molecule has 0 radical (unpaired) electrons. The van der Waals surface area contributed by atoms with Crippen LogP contribution in [0.25, 0.3) is 0 Å². The molecule has 120 valence electrons. The van der Waals surface area contributed by atoms with Crippen LogP contribution in [0, 0.1) is 17.8 Å². The van der Waals surface area contributed by atoms with Crippen molar-refractivity contribution in [2.75, 3.05) is 26.3 Å². The minimum atomic E-state index is -0.392. The summed E-state index contributed by atoms with van der Waals surface area (Å²) in [6, 6.07) is -0.392. The number of morpholine rings is 1. The lowest BCUT2D eigenvalue weighted by Gasteiger charge is -2.31. The third kappa shape index (κ3) is 4.70. The maximum absolute atomic E-state index is 12.6. The van der Waals surface area contributed by atoms with Gasteiger partial charge in [0.1, 0.15) is 6.04 Å². The Labute approximate surface area is 127 Å². The van der Waals surface area contributed by atoms with Gasteiger partial charge in [-0.1, -0.05) is 20.8 Å². The predicted octanol–water partition coefficient (Wildman–Crippen LogP) is 1.42. The lowest BCUT2D eigenvalue weighted by Crippen LogP contribution is -2.53. The highest BCUT2D eigenvalue weighted by molar-refractivity contribution is 5.88. The second-order valence-corrected chi connectivity index (χ2v) is 6.75. The van der Waals surface area contributed by atoms with Gasteiger partial charge >= 0.3 is 0 Å². The highest BCUT2D eigenvalue weighted by atomic mass is 16.5. The van der Waals surface area contributed by atoms with Crippen molar-refractivity contribution in [3.63, 3.8) is 0 Å². The number of hydrogen-bond acceptors (Lipinski definition) is 3. The van der Waals surface area contributed by atoms with Crippen LogP contribution in [0.2, 0.25) is 0 Å². The summed E-state index contributed by atoms with van der Waals surface area (Å²) in [5.74, 6) is 0.991. The standard InChI is InChI=1S/C16H28N2O3/c1-11(2)10-14(16(20)18-6-8-21-9-7-18)17-15(19)12(3)13-4-5-13/h11-14H,4-10H2,1-3H3,(H,17,19). The Morgan fingerprint density at radius 3 is 2.33 bits per heavy atom. The number of rotatable bonds is 6. The summed E-state index contributed by atoms with van der Waals surface area (Å²) in [5.41, 5.74) is 0. The van der Waals surface area contributed by atoms with Gasteiger partial charge in [-0.15, -0.1) is 0 Å². The van der Waals surface area contributed by atoms with Crippen LogP contribution in [0.3, 0.4) is 0 Å². The van der Waals surface area contributed by atoms with Crippen molar-refractivity contribution < 1.29 is 14.3 Å². The summed E-state index contributed by atoms with van der Waals surface area (Å²) in [4.78, 5) is 26.7. The van der Waals surface area contributed by atoms with E-state index in [9.17, 15) is 9.59 Å². The van der Waals surface area contributed by atoms with E-state index in [1.54, 1.807) is 0 Å². The average Bonchev–Trinajstić information content (AvgIpc) is 3.30. The Bertz CT molecular complexity index is 374. The molecule has 2 aliphatic rings. The first-order valence-corrected chi connectivity index (χ1v) is 8.16. The fourth-order valence-electron chi connectivity index (χ4n) is 2.81. The predicted molar refractivity (Wildman–Crippen MR) is 80.7 cm³/mol. The normalized spacial score (nSPS) is 22.0. The van der Waals surface area contributed by atoms with E-state index < -0.39 is 6.04 Å². The number of carbonyl (C=O) groups is 2. The van der Waals surface area contributed by atoms with Crippen molar-refractivity contribution in [1.82, 2.24) is 10.2 Å². The molecule has 21 heavy (non-hydrogen) atoms. The van der Waals surface area contributed by atoms with Crippen LogP contribution < -0.4 is 5.32 Å². The van der Waals surface area contributed by atoms with E-state index in [1.807, 2.05) is 11.8 Å². The fourth-order valence-corrected chi connectivity index (χ4v) is 2.81. The van der Waals surface area contributed by atoms with Gasteiger partial charge in [-0.3, -0.25) is 9.59 Å². The van der Waals surface area contributed by atoms with Crippen molar-refractivity contribution in [2.45, 2.75) is 46.1 Å². The van der Waals surface area contributed by atoms with Gasteiger partial charge in [-0.05, 0) is 31.1 Å². The lowest BCUT2D eigenvalue weighted by atomic mass is 10.00. The van der Waals surface area contributed by atoms with Crippen molar-refractivity contribution in [3.05, 3.63) is 0 Å². The topological polar surface area (TPSA) is 58.6 Å². The number of carbonyl (C=O) groups excluding carboxylic acids is 2. The Balaban J connectivity index is 1.95. The third-order valence-corrected chi connectivity index (χ3v) is 4.39. The first kappa shape index (κ1) is 16.3. The van der Waals surface area contributed by atoms with E-state index in [2.05, 4.69) is 19.2 Å². The molecule has 2 amide bonds. The van der Waals surface area contributed by atoms with E-state index in [1.165, 1.54) is 0 Å². The molecule has 1 saturated heterocycles. The van der Waals surface area contributed by atoms with E-state index in [0.29, 0.717) is 44.6 Å². The molecule has 1 N–H and O–H groups in total. The van der Waals surface area contributed by atoms with Gasteiger partial charge in [0.2, 0.25) is 11.8 Å². The zero-order chi connectivity index (χ0) is 15.4. The summed E-state index contributed by atoms with van der Waals surface area (Å²) in [6.45, 7) is 8.56. The summed E-state index contributed by atoms with van der Waals surface area (Å²) in [5, 5.41) is 3.00. The number of hydrogen-bond donors (Lipinski definition) is 1. The fraction of sp³-hybridized carbons (Fsp3) is 0.875. The van der Waals surface area contributed by atoms with Gasteiger partial charge < -0.3 is 15.0 Å². The Morgan fingerprint density at radius 2 is 1.81 bits per heavy atom. The van der Waals surface area contributed by atoms with Crippen LogP contribution in [0.4, 0.5) is 0 Å². The molecule has 5 nitrogen and oxygen atoms in total. The molecule has 2 unspecified atom stereocenters. The largest absolute Gasteiger partial charge is 0.378 e. The van der Waals surface area contributed by atoms with Crippen LogP contribution in [0.5, 0.6) is 0 Å². The van der Waals surface area contributed by atoms with Crippen LogP contribution in [0.15, 0.2) is 0 Å². The first-order chi connectivity index (χ1) is 9.99. The highest BCUT2D eigenvalue weighted by Gasteiger charge is 2.35. The van der Waals surface area contributed by atoms with Crippen LogP contribution in [-0.2, 0) is 14.3 Å². The molecule has 1 aliphatic heterocycles. The van der Waals surface area contributed by atoms with Gasteiger partial charge in [0.05, 0.1) is 13.2 Å². The first-order valence-electron chi connectivity index (χ1n) is 8.16. The van der Waals surface area contributed by atoms with Crippen LogP contribution in [0.1, 0.15) is 40.0 Å². The molecular weight excluding hydrogens is 268 g/mol. The van der Waals surface area contributed by atoms with E-state index in [0.717, 1.165) is 12.8 Å². The molecule has 1 saturated carbocycles. The minimum Gasteiger partial charge on any atom is -0.378 e. The maximum atomic E-state index is 12.6. The molecule has 2 fully saturated rings. The second kappa shape index (κ2) is 7.25. The van der Waals surface area contributed by atoms with E-state index >= 15 is 0 Å². The van der Waals surface area contributed by atoms with Crippen molar-refractivity contribution in [2.24, 2.45) is 17.8 Å². The average molecular weight is 296 g/mol. The molecule has 1 aliphatic carbocycles. The minimum absolute atomic E-state index is 0.0251. The molecule has 0 aromatic heterocycles. The number of ether oxygens (including phenoxy) is 1. The monoisotopic (exact) mass is 296 g/mol. The van der Waals surface area contributed by atoms with Crippen molar-refractivity contribution >= 4 is 11.8 Å². The summed E-state index contributed by atoms with van der Waals surface area (Å²) < 4.78 is 5.29. The Kier molecular flexibility index (Phi) is 5.62. The zero-order valence-corrected chi connectivity index (χ0v) is 13.4. The summed E-state index contributed by atoms with van der Waals surface area (Å²) >= 11 is 0. The number of amides is 2. The second-order valence-electron chi connectivity index (χ2n) is 6.75. The van der Waals surface area contributed by atoms with Gasteiger partial charge in [-0.2, -0.15) is 0 Å². The molecule has 0 bridgehead atoms. The molecular formula is C16H28N2O3. The Hall–Kier alpha value is -1.10. The SMILES string of the molecule is CC(C)CC(NC(=O)C(C)C1CC1)C(=O)N1CCOCC1. The molecule has 1 heterocycles. The van der Waals surface area contributed by atoms with Gasteiger partial charge in [0.25, 0.3) is 0 Å². The molecule has 2 rings (SSSR count). The smallest absolute Gasteiger partial charge is 0.245 e. The van der Waals surface area contributed by atoms with E-state index in [4.69, 9.17) is 4.74 Å². The maximum Gasteiger partial charge on any atom is 0.245 e. The van der Waals surface area contributed by atoms with Crippen LogP contribution >= 0.6 is 0 Å². The van der Waals surface area contributed by atoms with Gasteiger partial charge in [0.15, 0.2) is 0 Å². The molecule has 2 atom stereocenters. The highest BCUT2D eigenvalue weighted by Crippen LogP contribution is 2.36. The molecule has 5 heteroatoms.